The van der Waals surface area contributed by atoms with Gasteiger partial charge in [-0.05, 0) is 19.4 Å². The Morgan fingerprint density at radius 2 is 2.16 bits per heavy atom. The average molecular weight is 263 g/mol. The van der Waals surface area contributed by atoms with Gasteiger partial charge in [0.2, 0.25) is 6.10 Å². The standard InChI is InChI=1S/C14H17NO4/c1-3-18-13(16)12-9-15(14(17)19-12)10(2)11-7-5-4-6-8-11/h4-8,10,12H,3,9H2,1-2H3/t10-,12+/m0/s1. The molecule has 2 atom stereocenters. The Bertz CT molecular complexity index is 460. The molecule has 0 saturated carbocycles. The number of hydrogen-bond acceptors (Lipinski definition) is 4. The Kier molecular flexibility index (Phi) is 4.04. The maximum Gasteiger partial charge on any atom is 0.411 e. The summed E-state index contributed by atoms with van der Waals surface area (Å²) in [5, 5.41) is 0. The number of rotatable bonds is 4. The molecule has 1 amide bonds. The van der Waals surface area contributed by atoms with Gasteiger partial charge >= 0.3 is 12.1 Å². The highest BCUT2D eigenvalue weighted by Crippen LogP contribution is 2.25. The Morgan fingerprint density at radius 3 is 2.79 bits per heavy atom. The lowest BCUT2D eigenvalue weighted by Gasteiger charge is -2.21. The van der Waals surface area contributed by atoms with Gasteiger partial charge in [0.05, 0.1) is 19.2 Å². The first-order valence-electron chi connectivity index (χ1n) is 6.32. The summed E-state index contributed by atoms with van der Waals surface area (Å²) in [5.41, 5.74) is 1.00. The van der Waals surface area contributed by atoms with Crippen LogP contribution in [0.15, 0.2) is 30.3 Å². The first-order valence-corrected chi connectivity index (χ1v) is 6.32. The van der Waals surface area contributed by atoms with E-state index in [4.69, 9.17) is 9.47 Å². The van der Waals surface area contributed by atoms with E-state index < -0.39 is 18.2 Å². The van der Waals surface area contributed by atoms with Crippen LogP contribution in [0.25, 0.3) is 0 Å². The molecule has 1 heterocycles. The fraction of sp³-hybridized carbons (Fsp3) is 0.429. The van der Waals surface area contributed by atoms with Gasteiger partial charge in [0.15, 0.2) is 0 Å². The van der Waals surface area contributed by atoms with Crippen LogP contribution in [-0.4, -0.2) is 36.2 Å². The molecule has 1 fully saturated rings. The summed E-state index contributed by atoms with van der Waals surface area (Å²) in [6.07, 6.45) is -1.30. The van der Waals surface area contributed by atoms with Crippen molar-refractivity contribution in [1.82, 2.24) is 4.90 Å². The number of cyclic esters (lactones) is 1. The van der Waals surface area contributed by atoms with E-state index in [9.17, 15) is 9.59 Å². The molecule has 102 valence electrons. The van der Waals surface area contributed by atoms with Crippen molar-refractivity contribution in [2.75, 3.05) is 13.2 Å². The Morgan fingerprint density at radius 1 is 1.47 bits per heavy atom. The number of carbonyl (C=O) groups is 2. The maximum absolute atomic E-state index is 11.8. The third-order valence-corrected chi connectivity index (χ3v) is 3.14. The average Bonchev–Trinajstić information content (AvgIpc) is 2.81. The van der Waals surface area contributed by atoms with Gasteiger partial charge in [-0.1, -0.05) is 30.3 Å². The number of ether oxygens (including phenoxy) is 2. The zero-order valence-corrected chi connectivity index (χ0v) is 11.0. The normalized spacial score (nSPS) is 20.0. The number of esters is 1. The predicted molar refractivity (Wildman–Crippen MR) is 68.5 cm³/mol. The van der Waals surface area contributed by atoms with Crippen molar-refractivity contribution in [2.45, 2.75) is 26.0 Å². The molecule has 0 radical (unpaired) electrons. The van der Waals surface area contributed by atoms with Crippen LogP contribution in [0.5, 0.6) is 0 Å². The number of carbonyl (C=O) groups excluding carboxylic acids is 2. The zero-order chi connectivity index (χ0) is 13.8. The van der Waals surface area contributed by atoms with Crippen LogP contribution in [0.2, 0.25) is 0 Å². The van der Waals surface area contributed by atoms with Gasteiger partial charge in [0.1, 0.15) is 0 Å². The fourth-order valence-electron chi connectivity index (χ4n) is 2.07. The van der Waals surface area contributed by atoms with Gasteiger partial charge in [-0.25, -0.2) is 9.59 Å². The highest BCUT2D eigenvalue weighted by atomic mass is 16.6. The van der Waals surface area contributed by atoms with E-state index in [0.717, 1.165) is 5.56 Å². The van der Waals surface area contributed by atoms with E-state index >= 15 is 0 Å². The topological polar surface area (TPSA) is 55.8 Å². The summed E-state index contributed by atoms with van der Waals surface area (Å²) in [5.74, 6) is -0.487. The van der Waals surface area contributed by atoms with Crippen molar-refractivity contribution in [2.24, 2.45) is 0 Å². The molecule has 1 saturated heterocycles. The van der Waals surface area contributed by atoms with Crippen LogP contribution in [0.4, 0.5) is 4.79 Å². The van der Waals surface area contributed by atoms with Crippen molar-refractivity contribution in [3.8, 4) is 0 Å². The monoisotopic (exact) mass is 263 g/mol. The van der Waals surface area contributed by atoms with Crippen molar-refractivity contribution < 1.29 is 19.1 Å². The second-order valence-electron chi connectivity index (χ2n) is 4.36. The molecule has 19 heavy (non-hydrogen) atoms. The Labute approximate surface area is 112 Å². The molecule has 0 aromatic heterocycles. The van der Waals surface area contributed by atoms with E-state index in [-0.39, 0.29) is 19.2 Å². The molecule has 1 aliphatic heterocycles. The van der Waals surface area contributed by atoms with Crippen molar-refractivity contribution in [3.05, 3.63) is 35.9 Å². The molecular weight excluding hydrogens is 246 g/mol. The van der Waals surface area contributed by atoms with Crippen molar-refractivity contribution >= 4 is 12.1 Å². The van der Waals surface area contributed by atoms with E-state index in [1.165, 1.54) is 4.90 Å². The molecule has 0 spiro atoms. The molecule has 1 aliphatic rings. The van der Waals surface area contributed by atoms with E-state index in [2.05, 4.69) is 0 Å². The van der Waals surface area contributed by atoms with E-state index in [1.54, 1.807) is 6.92 Å². The van der Waals surface area contributed by atoms with Gasteiger partial charge in [-0.3, -0.25) is 4.90 Å². The SMILES string of the molecule is CCOC(=O)[C@H]1CN([C@@H](C)c2ccccc2)C(=O)O1. The third-order valence-electron chi connectivity index (χ3n) is 3.14. The molecule has 0 bridgehead atoms. The van der Waals surface area contributed by atoms with Crippen LogP contribution >= 0.6 is 0 Å². The number of benzene rings is 1. The molecule has 0 aliphatic carbocycles. The Balaban J connectivity index is 2.06. The number of hydrogen-bond donors (Lipinski definition) is 0. The summed E-state index contributed by atoms with van der Waals surface area (Å²) in [6, 6.07) is 9.49. The largest absolute Gasteiger partial charge is 0.463 e. The molecule has 1 aromatic carbocycles. The lowest BCUT2D eigenvalue weighted by molar-refractivity contribution is -0.151. The summed E-state index contributed by atoms with van der Waals surface area (Å²) in [4.78, 5) is 24.9. The second kappa shape index (κ2) is 5.73. The van der Waals surface area contributed by atoms with Gasteiger partial charge in [0.25, 0.3) is 0 Å². The summed E-state index contributed by atoms with van der Waals surface area (Å²) >= 11 is 0. The lowest BCUT2D eigenvalue weighted by Crippen LogP contribution is -2.31. The second-order valence-corrected chi connectivity index (χ2v) is 4.36. The minimum atomic E-state index is -0.821. The number of nitrogens with zero attached hydrogens (tertiary/aromatic N) is 1. The Hall–Kier alpha value is -2.04. The molecule has 2 rings (SSSR count). The molecule has 5 nitrogen and oxygen atoms in total. The first-order chi connectivity index (χ1) is 9.13. The van der Waals surface area contributed by atoms with Crippen molar-refractivity contribution in [3.63, 3.8) is 0 Å². The van der Waals surface area contributed by atoms with Crippen LogP contribution in [0.3, 0.4) is 0 Å². The minimum Gasteiger partial charge on any atom is -0.463 e. The molecule has 0 N–H and O–H groups in total. The fourth-order valence-corrected chi connectivity index (χ4v) is 2.07. The molecule has 1 aromatic rings. The van der Waals surface area contributed by atoms with Gasteiger partial charge in [-0.2, -0.15) is 0 Å². The molecular formula is C14H17NO4. The zero-order valence-electron chi connectivity index (χ0n) is 11.0. The maximum atomic E-state index is 11.8. The van der Waals surface area contributed by atoms with Gasteiger partial charge < -0.3 is 9.47 Å². The minimum absolute atomic E-state index is 0.131. The van der Waals surface area contributed by atoms with Gasteiger partial charge in [-0.15, -0.1) is 0 Å². The third kappa shape index (κ3) is 2.86. The number of amides is 1. The van der Waals surface area contributed by atoms with Crippen LogP contribution < -0.4 is 0 Å². The quantitative estimate of drug-likeness (QED) is 0.781. The van der Waals surface area contributed by atoms with Crippen molar-refractivity contribution in [1.29, 1.82) is 0 Å². The van der Waals surface area contributed by atoms with Crippen LogP contribution in [0, 0.1) is 0 Å². The van der Waals surface area contributed by atoms with Gasteiger partial charge in [0, 0.05) is 0 Å². The van der Waals surface area contributed by atoms with E-state index in [0.29, 0.717) is 0 Å². The summed E-state index contributed by atoms with van der Waals surface area (Å²) in [7, 11) is 0. The smallest absolute Gasteiger partial charge is 0.411 e. The van der Waals surface area contributed by atoms with E-state index in [1.807, 2.05) is 37.3 Å². The lowest BCUT2D eigenvalue weighted by atomic mass is 10.1. The summed E-state index contributed by atoms with van der Waals surface area (Å²) < 4.78 is 9.91. The molecule has 0 unspecified atom stereocenters. The van der Waals surface area contributed by atoms with Crippen LogP contribution in [-0.2, 0) is 14.3 Å². The first kappa shape index (κ1) is 13.4. The molecule has 5 heteroatoms. The predicted octanol–water partition coefficient (Wildman–Crippen LogP) is 2.13. The summed E-state index contributed by atoms with van der Waals surface area (Å²) in [6.45, 7) is 4.14. The van der Waals surface area contributed by atoms with Crippen LogP contribution in [0.1, 0.15) is 25.5 Å². The highest BCUT2D eigenvalue weighted by molar-refractivity contribution is 5.82. The highest BCUT2D eigenvalue weighted by Gasteiger charge is 2.39.